The number of hydrogen-bond acceptors (Lipinski definition) is 5. The van der Waals surface area contributed by atoms with Crippen molar-refractivity contribution in [2.24, 2.45) is 0 Å². The van der Waals surface area contributed by atoms with E-state index in [-0.39, 0.29) is 10.8 Å². The van der Waals surface area contributed by atoms with Crippen molar-refractivity contribution < 1.29 is 13.2 Å². The molecule has 0 atom stereocenters. The zero-order chi connectivity index (χ0) is 19.5. The molecule has 1 N–H and O–H groups in total. The molecule has 28 heavy (non-hydrogen) atoms. The van der Waals surface area contributed by atoms with E-state index >= 15 is 0 Å². The van der Waals surface area contributed by atoms with Crippen LogP contribution in [0.5, 0.6) is 0 Å². The van der Waals surface area contributed by atoms with Crippen molar-refractivity contribution >= 4 is 27.1 Å². The van der Waals surface area contributed by atoms with Gasteiger partial charge in [0.1, 0.15) is 4.90 Å². The molecule has 4 aliphatic heterocycles. The van der Waals surface area contributed by atoms with Crippen molar-refractivity contribution in [3.63, 3.8) is 0 Å². The van der Waals surface area contributed by atoms with Crippen molar-refractivity contribution in [1.82, 2.24) is 4.90 Å². The van der Waals surface area contributed by atoms with E-state index in [1.165, 1.54) is 6.92 Å². The lowest BCUT2D eigenvalue weighted by Gasteiger charge is -2.33. The topological polar surface area (TPSA) is 69.7 Å². The van der Waals surface area contributed by atoms with E-state index in [0.717, 1.165) is 44.7 Å². The summed E-state index contributed by atoms with van der Waals surface area (Å²) in [7, 11) is -3.68. The Hall–Kier alpha value is -2.38. The molecule has 0 saturated carbocycles. The van der Waals surface area contributed by atoms with Crippen LogP contribution in [0.2, 0.25) is 0 Å². The van der Waals surface area contributed by atoms with Crippen LogP contribution in [0, 0.1) is 0 Å². The number of rotatable bonds is 2. The largest absolute Gasteiger partial charge is 0.367 e. The van der Waals surface area contributed by atoms with E-state index in [1.54, 1.807) is 12.1 Å². The predicted octanol–water partition coefficient (Wildman–Crippen LogP) is 2.74. The normalized spacial score (nSPS) is 24.4. The lowest BCUT2D eigenvalue weighted by Crippen LogP contribution is -2.37. The van der Waals surface area contributed by atoms with Gasteiger partial charge in [0, 0.05) is 56.0 Å². The average Bonchev–Trinajstić information content (AvgIpc) is 2.87. The molecule has 4 aliphatic rings. The number of benzene rings is 2. The highest BCUT2D eigenvalue weighted by Crippen LogP contribution is 2.47. The molecule has 0 spiro atoms. The van der Waals surface area contributed by atoms with Crippen LogP contribution in [0.25, 0.3) is 11.1 Å². The van der Waals surface area contributed by atoms with Crippen LogP contribution in [0.3, 0.4) is 0 Å². The lowest BCUT2D eigenvalue weighted by molar-refractivity contribution is -0.114. The number of anilines is 2. The van der Waals surface area contributed by atoms with Crippen LogP contribution >= 0.6 is 0 Å². The fraction of sp³-hybridized carbons (Fsp3) is 0.381. The third kappa shape index (κ3) is 2.64. The minimum Gasteiger partial charge on any atom is -0.367 e. The van der Waals surface area contributed by atoms with Crippen LogP contribution in [-0.4, -0.2) is 51.4 Å². The Bertz CT molecular complexity index is 1070. The van der Waals surface area contributed by atoms with E-state index in [0.29, 0.717) is 27.8 Å². The maximum Gasteiger partial charge on any atom is 0.221 e. The molecule has 146 valence electrons. The van der Waals surface area contributed by atoms with Gasteiger partial charge in [-0.25, -0.2) is 8.42 Å². The van der Waals surface area contributed by atoms with Crippen LogP contribution in [0.1, 0.15) is 19.8 Å². The molecule has 3 saturated heterocycles. The summed E-state index contributed by atoms with van der Waals surface area (Å²) >= 11 is 0. The minimum atomic E-state index is -3.68. The summed E-state index contributed by atoms with van der Waals surface area (Å²) in [6, 6.07) is 11.5. The highest BCUT2D eigenvalue weighted by molar-refractivity contribution is 7.92. The molecule has 3 fully saturated rings. The minimum absolute atomic E-state index is 0.209. The summed E-state index contributed by atoms with van der Waals surface area (Å²) in [4.78, 5) is 17.0. The van der Waals surface area contributed by atoms with Crippen LogP contribution in [0.15, 0.2) is 46.2 Å². The molecule has 2 aromatic rings. The quantitative estimate of drug-likeness (QED) is 0.720. The van der Waals surface area contributed by atoms with Crippen molar-refractivity contribution in [3.05, 3.63) is 36.4 Å². The first-order valence-corrected chi connectivity index (χ1v) is 11.2. The zero-order valence-electron chi connectivity index (χ0n) is 15.8. The monoisotopic (exact) mass is 397 g/mol. The van der Waals surface area contributed by atoms with E-state index in [2.05, 4.69) is 15.1 Å². The second-order valence-corrected chi connectivity index (χ2v) is 9.67. The van der Waals surface area contributed by atoms with Crippen molar-refractivity contribution in [2.45, 2.75) is 35.6 Å². The van der Waals surface area contributed by atoms with E-state index < -0.39 is 9.84 Å². The number of sulfone groups is 1. The fourth-order valence-corrected chi connectivity index (χ4v) is 6.64. The second-order valence-electron chi connectivity index (χ2n) is 7.81. The third-order valence-corrected chi connectivity index (χ3v) is 8.02. The molecule has 0 aromatic heterocycles. The Morgan fingerprint density at radius 1 is 1.04 bits per heavy atom. The zero-order valence-corrected chi connectivity index (χ0v) is 16.6. The Kier molecular flexibility index (Phi) is 4.00. The SMILES string of the molecule is CC(=O)Nc1cccc2c1S(=O)(=O)c1cc(N3CCN4CCC3CC4)ccc1-2. The summed E-state index contributed by atoms with van der Waals surface area (Å²) in [5.74, 6) is -0.282. The van der Waals surface area contributed by atoms with Gasteiger partial charge < -0.3 is 15.1 Å². The van der Waals surface area contributed by atoms with Crippen LogP contribution in [0.4, 0.5) is 11.4 Å². The summed E-state index contributed by atoms with van der Waals surface area (Å²) in [6.45, 7) is 5.57. The third-order valence-electron chi connectivity index (χ3n) is 6.13. The maximum absolute atomic E-state index is 13.4. The number of carbonyl (C=O) groups is 1. The molecule has 4 heterocycles. The summed E-state index contributed by atoms with van der Waals surface area (Å²) in [5.41, 5.74) is 2.71. The number of piperidine rings is 1. The first-order valence-electron chi connectivity index (χ1n) is 9.74. The van der Waals surface area contributed by atoms with Gasteiger partial charge in [-0.05, 0) is 31.0 Å². The van der Waals surface area contributed by atoms with E-state index in [4.69, 9.17) is 0 Å². The number of fused-ring (bicyclic) bond motifs is 7. The number of amides is 1. The highest BCUT2D eigenvalue weighted by atomic mass is 32.2. The van der Waals surface area contributed by atoms with Crippen molar-refractivity contribution in [3.8, 4) is 11.1 Å². The number of nitrogens with zero attached hydrogens (tertiary/aromatic N) is 2. The van der Waals surface area contributed by atoms with E-state index in [9.17, 15) is 13.2 Å². The van der Waals surface area contributed by atoms with Crippen molar-refractivity contribution in [2.75, 3.05) is 36.4 Å². The number of hydrogen-bond donors (Lipinski definition) is 1. The molecular formula is C21H23N3O3S. The molecule has 2 bridgehead atoms. The van der Waals surface area contributed by atoms with Gasteiger partial charge in [0.2, 0.25) is 15.7 Å². The van der Waals surface area contributed by atoms with Gasteiger partial charge in [0.05, 0.1) is 10.6 Å². The first kappa shape index (κ1) is 17.7. The van der Waals surface area contributed by atoms with Gasteiger partial charge in [0.15, 0.2) is 0 Å². The first-order chi connectivity index (χ1) is 13.4. The maximum atomic E-state index is 13.4. The van der Waals surface area contributed by atoms with Crippen LogP contribution in [-0.2, 0) is 14.6 Å². The van der Waals surface area contributed by atoms with Crippen molar-refractivity contribution in [1.29, 1.82) is 0 Å². The molecule has 7 heteroatoms. The van der Waals surface area contributed by atoms with Gasteiger partial charge in [0.25, 0.3) is 0 Å². The van der Waals surface area contributed by atoms with Gasteiger partial charge in [-0.3, -0.25) is 4.79 Å². The molecule has 6 nitrogen and oxygen atoms in total. The Labute approximate surface area is 165 Å². The number of nitrogens with one attached hydrogen (secondary N) is 1. The fourth-order valence-electron chi connectivity index (χ4n) is 4.80. The molecule has 6 rings (SSSR count). The Balaban J connectivity index is 1.60. The Morgan fingerprint density at radius 2 is 1.82 bits per heavy atom. The van der Waals surface area contributed by atoms with Gasteiger partial charge in [-0.1, -0.05) is 18.2 Å². The standard InChI is InChI=1S/C21H23N3O3S/c1-14(25)22-19-4-2-3-18-17-6-5-16(13-20(17)28(26,27)21(18)19)24-12-11-23-9-7-15(24)8-10-23/h2-6,13,15H,7-12H2,1H3,(H,22,25). The molecule has 0 aliphatic carbocycles. The van der Waals surface area contributed by atoms with Gasteiger partial charge in [-0.2, -0.15) is 0 Å². The average molecular weight is 398 g/mol. The molecular weight excluding hydrogens is 374 g/mol. The molecule has 0 unspecified atom stereocenters. The van der Waals surface area contributed by atoms with Gasteiger partial charge in [-0.15, -0.1) is 0 Å². The van der Waals surface area contributed by atoms with Crippen LogP contribution < -0.4 is 10.2 Å². The predicted molar refractivity (Wildman–Crippen MR) is 108 cm³/mol. The summed E-state index contributed by atoms with van der Waals surface area (Å²) < 4.78 is 26.7. The smallest absolute Gasteiger partial charge is 0.221 e. The number of carbonyl (C=O) groups excluding carboxylic acids is 1. The molecule has 0 radical (unpaired) electrons. The molecule has 1 amide bonds. The van der Waals surface area contributed by atoms with E-state index in [1.807, 2.05) is 24.3 Å². The van der Waals surface area contributed by atoms with Gasteiger partial charge >= 0.3 is 0 Å². The Morgan fingerprint density at radius 3 is 2.57 bits per heavy atom. The lowest BCUT2D eigenvalue weighted by atomic mass is 10.0. The molecule has 2 aromatic carbocycles. The summed E-state index contributed by atoms with van der Waals surface area (Å²) in [5, 5.41) is 2.67. The highest BCUT2D eigenvalue weighted by Gasteiger charge is 2.37. The second kappa shape index (κ2) is 6.32. The summed E-state index contributed by atoms with van der Waals surface area (Å²) in [6.07, 6.45) is 2.24.